The SMILES string of the molecule is O=C1CC(CS(=O)(=O)F)CN1c1c(F)cc(F)cc1F. The van der Waals surface area contributed by atoms with E-state index in [4.69, 9.17) is 0 Å². The average molecular weight is 311 g/mol. The molecular weight excluding hydrogens is 302 g/mol. The number of nitrogens with zero attached hydrogens (tertiary/aromatic N) is 1. The lowest BCUT2D eigenvalue weighted by atomic mass is 10.1. The van der Waals surface area contributed by atoms with Gasteiger partial charge in [-0.1, -0.05) is 0 Å². The third kappa shape index (κ3) is 3.09. The Morgan fingerprint density at radius 1 is 1.20 bits per heavy atom. The Morgan fingerprint density at radius 2 is 1.75 bits per heavy atom. The molecule has 4 nitrogen and oxygen atoms in total. The van der Waals surface area contributed by atoms with Crippen LogP contribution < -0.4 is 4.90 Å². The molecule has 1 atom stereocenters. The zero-order valence-corrected chi connectivity index (χ0v) is 10.8. The van der Waals surface area contributed by atoms with Crippen LogP contribution in [0, 0.1) is 23.4 Å². The number of rotatable bonds is 3. The predicted octanol–water partition coefficient (Wildman–Crippen LogP) is 1.76. The molecule has 9 heteroatoms. The fraction of sp³-hybridized carbons (Fsp3) is 0.364. The van der Waals surface area contributed by atoms with Crippen molar-refractivity contribution in [1.82, 2.24) is 0 Å². The molecule has 1 aromatic carbocycles. The number of amides is 1. The van der Waals surface area contributed by atoms with Crippen LogP contribution in [0.4, 0.5) is 22.7 Å². The summed E-state index contributed by atoms with van der Waals surface area (Å²) >= 11 is 0. The molecule has 1 amide bonds. The first-order chi connectivity index (χ1) is 9.17. The first kappa shape index (κ1) is 14.8. The number of hydrogen-bond acceptors (Lipinski definition) is 3. The minimum Gasteiger partial charge on any atom is -0.307 e. The zero-order chi connectivity index (χ0) is 15.1. The smallest absolute Gasteiger partial charge is 0.302 e. The Balaban J connectivity index is 2.29. The van der Waals surface area contributed by atoms with Crippen LogP contribution in [0.3, 0.4) is 0 Å². The Bertz CT molecular complexity index is 639. The van der Waals surface area contributed by atoms with Crippen molar-refractivity contribution in [3.05, 3.63) is 29.6 Å². The molecule has 1 unspecified atom stereocenters. The molecule has 1 aromatic rings. The molecule has 20 heavy (non-hydrogen) atoms. The largest absolute Gasteiger partial charge is 0.307 e. The summed E-state index contributed by atoms with van der Waals surface area (Å²) in [6.07, 6.45) is -0.348. The maximum atomic E-state index is 13.5. The van der Waals surface area contributed by atoms with Crippen LogP contribution in [-0.4, -0.2) is 26.6 Å². The fourth-order valence-electron chi connectivity index (χ4n) is 2.18. The van der Waals surface area contributed by atoms with Crippen LogP contribution in [0.2, 0.25) is 0 Å². The lowest BCUT2D eigenvalue weighted by Gasteiger charge is -2.18. The van der Waals surface area contributed by atoms with Gasteiger partial charge in [0.25, 0.3) is 0 Å². The molecule has 0 aromatic heterocycles. The van der Waals surface area contributed by atoms with Crippen molar-refractivity contribution in [3.8, 4) is 0 Å². The van der Waals surface area contributed by atoms with Crippen molar-refractivity contribution in [2.24, 2.45) is 5.92 Å². The summed E-state index contributed by atoms with van der Waals surface area (Å²) in [6, 6.07) is 0.815. The molecule has 0 aliphatic carbocycles. The lowest BCUT2D eigenvalue weighted by molar-refractivity contribution is -0.117. The second-order valence-corrected chi connectivity index (χ2v) is 5.91. The van der Waals surface area contributed by atoms with Crippen molar-refractivity contribution >= 4 is 21.8 Å². The van der Waals surface area contributed by atoms with Crippen molar-refractivity contribution in [1.29, 1.82) is 0 Å². The highest BCUT2D eigenvalue weighted by atomic mass is 32.3. The molecule has 1 aliphatic heterocycles. The van der Waals surface area contributed by atoms with Crippen molar-refractivity contribution in [2.45, 2.75) is 6.42 Å². The van der Waals surface area contributed by atoms with Gasteiger partial charge in [-0.05, 0) is 0 Å². The van der Waals surface area contributed by atoms with Gasteiger partial charge in [0, 0.05) is 31.0 Å². The fourth-order valence-corrected chi connectivity index (χ4v) is 2.97. The summed E-state index contributed by atoms with van der Waals surface area (Å²) in [5.41, 5.74) is -0.754. The second kappa shape index (κ2) is 5.04. The van der Waals surface area contributed by atoms with Gasteiger partial charge >= 0.3 is 10.2 Å². The minimum atomic E-state index is -4.79. The standard InChI is InChI=1S/C11H9F4NO3S/c12-7-2-8(13)11(9(14)3-7)16-4-6(1-10(16)17)5-20(15,18)19/h2-3,6H,1,4-5H2. The molecular formula is C11H9F4NO3S. The third-order valence-corrected chi connectivity index (χ3v) is 3.76. The monoisotopic (exact) mass is 311 g/mol. The zero-order valence-electron chi connectivity index (χ0n) is 9.95. The van der Waals surface area contributed by atoms with E-state index in [9.17, 15) is 30.3 Å². The van der Waals surface area contributed by atoms with Gasteiger partial charge in [0.2, 0.25) is 5.91 Å². The number of carbonyl (C=O) groups excluding carboxylic acids is 1. The summed E-state index contributed by atoms with van der Waals surface area (Å²) in [6.45, 7) is -0.346. The van der Waals surface area contributed by atoms with Gasteiger partial charge in [-0.15, -0.1) is 3.89 Å². The number of anilines is 1. The van der Waals surface area contributed by atoms with Gasteiger partial charge in [-0.3, -0.25) is 4.79 Å². The van der Waals surface area contributed by atoms with Gasteiger partial charge in [0.15, 0.2) is 11.6 Å². The van der Waals surface area contributed by atoms with Crippen LogP contribution >= 0.6 is 0 Å². The van der Waals surface area contributed by atoms with E-state index in [-0.39, 0.29) is 13.0 Å². The van der Waals surface area contributed by atoms with Crippen molar-refractivity contribution < 1.29 is 30.3 Å². The third-order valence-electron chi connectivity index (χ3n) is 2.89. The maximum Gasteiger partial charge on any atom is 0.302 e. The van der Waals surface area contributed by atoms with Crippen molar-refractivity contribution in [2.75, 3.05) is 17.2 Å². The van der Waals surface area contributed by atoms with E-state index >= 15 is 0 Å². The van der Waals surface area contributed by atoms with Gasteiger partial charge in [-0.25, -0.2) is 13.2 Å². The molecule has 0 saturated carbocycles. The quantitative estimate of drug-likeness (QED) is 0.631. The highest BCUT2D eigenvalue weighted by molar-refractivity contribution is 7.86. The van der Waals surface area contributed by atoms with E-state index in [0.717, 1.165) is 0 Å². The number of carbonyl (C=O) groups is 1. The van der Waals surface area contributed by atoms with Gasteiger partial charge in [0.1, 0.15) is 11.5 Å². The van der Waals surface area contributed by atoms with Crippen LogP contribution in [-0.2, 0) is 15.0 Å². The van der Waals surface area contributed by atoms with Crippen LogP contribution in [0.15, 0.2) is 12.1 Å². The lowest BCUT2D eigenvalue weighted by Crippen LogP contribution is -2.27. The molecule has 2 rings (SSSR count). The van der Waals surface area contributed by atoms with Crippen LogP contribution in [0.5, 0.6) is 0 Å². The Hall–Kier alpha value is -1.64. The maximum absolute atomic E-state index is 13.5. The topological polar surface area (TPSA) is 54.5 Å². The van der Waals surface area contributed by atoms with E-state index in [0.29, 0.717) is 17.0 Å². The highest BCUT2D eigenvalue weighted by Gasteiger charge is 2.36. The van der Waals surface area contributed by atoms with Gasteiger partial charge < -0.3 is 4.90 Å². The number of halogens is 4. The number of hydrogen-bond donors (Lipinski definition) is 0. The van der Waals surface area contributed by atoms with E-state index in [2.05, 4.69) is 0 Å². The first-order valence-corrected chi connectivity index (χ1v) is 7.10. The summed E-state index contributed by atoms with van der Waals surface area (Å²) in [5.74, 6) is -6.25. The van der Waals surface area contributed by atoms with Crippen LogP contribution in [0.25, 0.3) is 0 Å². The minimum absolute atomic E-state index is 0.346. The van der Waals surface area contributed by atoms with E-state index in [1.54, 1.807) is 0 Å². The molecule has 110 valence electrons. The van der Waals surface area contributed by atoms with Crippen LogP contribution in [0.1, 0.15) is 6.42 Å². The highest BCUT2D eigenvalue weighted by Crippen LogP contribution is 2.31. The normalized spacial score (nSPS) is 19.7. The average Bonchev–Trinajstić information content (AvgIpc) is 2.55. The summed E-state index contributed by atoms with van der Waals surface area (Å²) in [5, 5.41) is 0. The molecule has 1 heterocycles. The summed E-state index contributed by atoms with van der Waals surface area (Å²) in [7, 11) is -4.79. The molecule has 1 fully saturated rings. The van der Waals surface area contributed by atoms with Gasteiger partial charge in [0.05, 0.1) is 5.75 Å². The van der Waals surface area contributed by atoms with E-state index in [1.165, 1.54) is 0 Å². The Morgan fingerprint density at radius 3 is 2.25 bits per heavy atom. The molecule has 0 bridgehead atoms. The molecule has 1 aliphatic rings. The Labute approximate surface area is 112 Å². The summed E-state index contributed by atoms with van der Waals surface area (Å²) in [4.78, 5) is 12.3. The summed E-state index contributed by atoms with van der Waals surface area (Å²) < 4.78 is 73.4. The molecule has 0 radical (unpaired) electrons. The Kier molecular flexibility index (Phi) is 3.72. The first-order valence-electron chi connectivity index (χ1n) is 5.54. The molecule has 0 spiro atoms. The van der Waals surface area contributed by atoms with Crippen molar-refractivity contribution in [3.63, 3.8) is 0 Å². The second-order valence-electron chi connectivity index (χ2n) is 4.50. The van der Waals surface area contributed by atoms with E-state index < -0.39 is 50.9 Å². The number of benzene rings is 1. The predicted molar refractivity (Wildman–Crippen MR) is 61.7 cm³/mol. The molecule has 0 N–H and O–H groups in total. The van der Waals surface area contributed by atoms with Gasteiger partial charge in [-0.2, -0.15) is 8.42 Å². The molecule has 1 saturated heterocycles. The van der Waals surface area contributed by atoms with E-state index in [1.807, 2.05) is 0 Å².